The number of thioether (sulfide) groups is 2. The van der Waals surface area contributed by atoms with Gasteiger partial charge in [-0.05, 0) is 19.0 Å². The number of nitrogens with one attached hydrogen (secondary N) is 1. The minimum absolute atomic E-state index is 0.0674. The van der Waals surface area contributed by atoms with Gasteiger partial charge in [0.1, 0.15) is 10.7 Å². The molecule has 0 aromatic carbocycles. The molecule has 0 aliphatic heterocycles. The third-order valence-electron chi connectivity index (χ3n) is 2.46. The average Bonchev–Trinajstić information content (AvgIpc) is 2.94. The van der Waals surface area contributed by atoms with E-state index in [1.807, 2.05) is 18.4 Å². The first kappa shape index (κ1) is 15.5. The number of nitrogens with zero attached hydrogens (tertiary/aromatic N) is 4. The highest BCUT2D eigenvalue weighted by atomic mass is 32.2. The number of carboxylic acids is 1. The molecule has 110 valence electrons. The molecular weight excluding hydrogens is 310 g/mol. The van der Waals surface area contributed by atoms with Gasteiger partial charge in [-0.1, -0.05) is 17.8 Å². The molecule has 0 amide bonds. The van der Waals surface area contributed by atoms with Gasteiger partial charge in [0, 0.05) is 5.56 Å². The Bertz CT molecular complexity index is 659. The molecule has 9 heteroatoms. The Labute approximate surface area is 129 Å². The van der Waals surface area contributed by atoms with Gasteiger partial charge in [0.25, 0.3) is 0 Å². The number of hydrogen-bond acceptors (Lipinski definition) is 7. The lowest BCUT2D eigenvalue weighted by molar-refractivity contribution is -0.133. The van der Waals surface area contributed by atoms with Gasteiger partial charge in [-0.25, -0.2) is 4.98 Å². The van der Waals surface area contributed by atoms with Gasteiger partial charge in [0.2, 0.25) is 0 Å². The molecule has 0 bridgehead atoms. The number of pyridine rings is 1. The maximum absolute atomic E-state index is 10.5. The van der Waals surface area contributed by atoms with Gasteiger partial charge in [-0.3, -0.25) is 9.79 Å². The van der Waals surface area contributed by atoms with Crippen LogP contribution in [0.25, 0.3) is 11.5 Å². The summed E-state index contributed by atoms with van der Waals surface area (Å²) in [7, 11) is 0. The number of carboxylic acid groups (broad SMARTS) is 1. The molecule has 0 atom stereocenters. The third kappa shape index (κ3) is 4.05. The Morgan fingerprint density at radius 2 is 2.29 bits per heavy atom. The second-order valence-electron chi connectivity index (χ2n) is 3.91. The molecule has 21 heavy (non-hydrogen) atoms. The van der Waals surface area contributed by atoms with Crippen LogP contribution in [0.15, 0.2) is 27.3 Å². The van der Waals surface area contributed by atoms with Gasteiger partial charge in [0.15, 0.2) is 11.0 Å². The fraction of sp³-hybridized carbons (Fsp3) is 0.250. The molecule has 2 heterocycles. The van der Waals surface area contributed by atoms with Crippen molar-refractivity contribution in [2.75, 3.05) is 12.0 Å². The Morgan fingerprint density at radius 3 is 2.95 bits per heavy atom. The van der Waals surface area contributed by atoms with Gasteiger partial charge in [0.05, 0.1) is 12.3 Å². The van der Waals surface area contributed by atoms with Crippen molar-refractivity contribution in [3.8, 4) is 11.5 Å². The fourth-order valence-corrected chi connectivity index (χ4v) is 2.69. The van der Waals surface area contributed by atoms with Crippen molar-refractivity contribution < 1.29 is 9.90 Å². The molecule has 2 aromatic heterocycles. The molecule has 7 nitrogen and oxygen atoms in total. The highest BCUT2D eigenvalue weighted by Gasteiger charge is 2.11. The van der Waals surface area contributed by atoms with Crippen molar-refractivity contribution in [3.63, 3.8) is 0 Å². The van der Waals surface area contributed by atoms with Crippen LogP contribution in [0.2, 0.25) is 0 Å². The second-order valence-corrected chi connectivity index (χ2v) is 5.67. The van der Waals surface area contributed by atoms with Crippen LogP contribution in [-0.4, -0.2) is 50.0 Å². The van der Waals surface area contributed by atoms with E-state index < -0.39 is 5.97 Å². The summed E-state index contributed by atoms with van der Waals surface area (Å²) < 4.78 is 0. The number of aromatic nitrogens is 4. The summed E-state index contributed by atoms with van der Waals surface area (Å²) in [6.07, 6.45) is 1.94. The molecule has 0 spiro atoms. The Kier molecular flexibility index (Phi) is 5.34. The Morgan fingerprint density at radius 1 is 1.48 bits per heavy atom. The number of aromatic amines is 1. The van der Waals surface area contributed by atoms with Crippen molar-refractivity contribution in [2.45, 2.75) is 16.7 Å². The van der Waals surface area contributed by atoms with Gasteiger partial charge < -0.3 is 10.1 Å². The first-order chi connectivity index (χ1) is 10.1. The summed E-state index contributed by atoms with van der Waals surface area (Å²) in [4.78, 5) is 21.8. The lowest BCUT2D eigenvalue weighted by atomic mass is 10.2. The van der Waals surface area contributed by atoms with E-state index in [1.54, 1.807) is 0 Å². The van der Waals surface area contributed by atoms with E-state index in [1.165, 1.54) is 11.8 Å². The first-order valence-electron chi connectivity index (χ1n) is 5.88. The van der Waals surface area contributed by atoms with Crippen molar-refractivity contribution in [1.29, 1.82) is 0 Å². The van der Waals surface area contributed by atoms with E-state index in [-0.39, 0.29) is 5.75 Å². The zero-order chi connectivity index (χ0) is 15.2. The standard InChI is InChI=1S/C12H13N5O2S2/c1-13-5-7-3-4-8(14-11(7)20-2)10-15-12(17-16-10)21-6-9(18)19/h3-4H,1,5-6H2,2H3,(H,18,19)(H,15,16,17). The zero-order valence-corrected chi connectivity index (χ0v) is 12.9. The maximum Gasteiger partial charge on any atom is 0.313 e. The van der Waals surface area contributed by atoms with Crippen molar-refractivity contribution in [1.82, 2.24) is 20.2 Å². The van der Waals surface area contributed by atoms with E-state index >= 15 is 0 Å². The average molecular weight is 323 g/mol. The summed E-state index contributed by atoms with van der Waals surface area (Å²) in [5, 5.41) is 17.8. The van der Waals surface area contributed by atoms with Gasteiger partial charge in [-0.15, -0.1) is 22.0 Å². The smallest absolute Gasteiger partial charge is 0.313 e. The Hall–Kier alpha value is -1.87. The summed E-state index contributed by atoms with van der Waals surface area (Å²) in [5.74, 6) is -0.458. The largest absolute Gasteiger partial charge is 0.481 e. The molecule has 2 aromatic rings. The van der Waals surface area contributed by atoms with Gasteiger partial charge in [-0.2, -0.15) is 0 Å². The minimum Gasteiger partial charge on any atom is -0.481 e. The SMILES string of the molecule is C=NCc1ccc(-c2nnc(SCC(=O)O)[nH]2)nc1SC. The van der Waals surface area contributed by atoms with E-state index in [4.69, 9.17) is 5.11 Å². The van der Waals surface area contributed by atoms with Crippen LogP contribution in [0.3, 0.4) is 0 Å². The van der Waals surface area contributed by atoms with Crippen LogP contribution in [0.5, 0.6) is 0 Å². The summed E-state index contributed by atoms with van der Waals surface area (Å²) in [5.41, 5.74) is 1.66. The minimum atomic E-state index is -0.901. The number of hydrogen-bond donors (Lipinski definition) is 2. The maximum atomic E-state index is 10.5. The molecule has 0 saturated heterocycles. The van der Waals surface area contributed by atoms with E-state index in [9.17, 15) is 4.79 Å². The van der Waals surface area contributed by atoms with Crippen LogP contribution in [0.1, 0.15) is 5.56 Å². The van der Waals surface area contributed by atoms with Crippen molar-refractivity contribution >= 4 is 36.2 Å². The number of aliphatic carboxylic acids is 1. The topological polar surface area (TPSA) is 104 Å². The van der Waals surface area contributed by atoms with Crippen molar-refractivity contribution in [2.24, 2.45) is 4.99 Å². The second kappa shape index (κ2) is 7.23. The number of aliphatic imine (C=N–C) groups is 1. The fourth-order valence-electron chi connectivity index (χ4n) is 1.58. The Balaban J connectivity index is 2.21. The highest BCUT2D eigenvalue weighted by Crippen LogP contribution is 2.24. The number of rotatable bonds is 7. The van der Waals surface area contributed by atoms with Gasteiger partial charge >= 0.3 is 5.97 Å². The number of carbonyl (C=O) groups is 1. The lowest BCUT2D eigenvalue weighted by Crippen LogP contribution is -1.97. The summed E-state index contributed by atoms with van der Waals surface area (Å²) in [6, 6.07) is 3.75. The van der Waals surface area contributed by atoms with E-state index in [0.717, 1.165) is 22.4 Å². The van der Waals surface area contributed by atoms with Crippen LogP contribution in [0.4, 0.5) is 0 Å². The molecular formula is C12H13N5O2S2. The normalized spacial score (nSPS) is 10.5. The zero-order valence-electron chi connectivity index (χ0n) is 11.2. The highest BCUT2D eigenvalue weighted by molar-refractivity contribution is 7.99. The summed E-state index contributed by atoms with van der Waals surface area (Å²) >= 11 is 2.60. The molecule has 2 rings (SSSR count). The molecule has 2 N–H and O–H groups in total. The summed E-state index contributed by atoms with van der Waals surface area (Å²) in [6.45, 7) is 4.00. The first-order valence-corrected chi connectivity index (χ1v) is 8.09. The third-order valence-corrected chi connectivity index (χ3v) is 4.04. The molecule has 0 fully saturated rings. The molecule has 0 unspecified atom stereocenters. The van der Waals surface area contributed by atoms with E-state index in [2.05, 4.69) is 31.9 Å². The monoisotopic (exact) mass is 323 g/mol. The van der Waals surface area contributed by atoms with Crippen LogP contribution in [0, 0.1) is 0 Å². The predicted octanol–water partition coefficient (Wildman–Crippen LogP) is 1.97. The van der Waals surface area contributed by atoms with Crippen molar-refractivity contribution in [3.05, 3.63) is 17.7 Å². The predicted molar refractivity (Wildman–Crippen MR) is 83.0 cm³/mol. The molecule has 0 aliphatic carbocycles. The molecule has 0 aliphatic rings. The van der Waals surface area contributed by atoms with Crippen LogP contribution in [-0.2, 0) is 11.3 Å². The van der Waals surface area contributed by atoms with Crippen LogP contribution >= 0.6 is 23.5 Å². The molecule has 0 saturated carbocycles. The quantitative estimate of drug-likeness (QED) is 0.593. The van der Waals surface area contributed by atoms with Crippen LogP contribution < -0.4 is 0 Å². The molecule has 0 radical (unpaired) electrons. The number of H-pyrrole nitrogens is 1. The lowest BCUT2D eigenvalue weighted by Gasteiger charge is -2.05. The van der Waals surface area contributed by atoms with E-state index in [0.29, 0.717) is 23.2 Å².